The van der Waals surface area contributed by atoms with E-state index in [4.69, 9.17) is 0 Å². The second kappa shape index (κ2) is 3.08. The van der Waals surface area contributed by atoms with Crippen LogP contribution in [0.25, 0.3) is 10.9 Å². The number of hydrogen-bond acceptors (Lipinski definition) is 2. The van der Waals surface area contributed by atoms with Crippen LogP contribution < -0.4 is 0 Å². The summed E-state index contributed by atoms with van der Waals surface area (Å²) in [6.07, 6.45) is 0. The molecule has 0 saturated heterocycles. The average molecular weight is 204 g/mol. The Morgan fingerprint density at radius 1 is 1.27 bits per heavy atom. The minimum atomic E-state index is -0.331. The van der Waals surface area contributed by atoms with Crippen LogP contribution in [-0.4, -0.2) is 9.91 Å². The molecule has 0 fully saturated rings. The van der Waals surface area contributed by atoms with Gasteiger partial charge in [0.2, 0.25) is 0 Å². The van der Waals surface area contributed by atoms with Crippen molar-refractivity contribution in [3.05, 3.63) is 39.1 Å². The maximum Gasteiger partial charge on any atom is 0.279 e. The first-order valence-electron chi connectivity index (χ1n) is 4.75. The van der Waals surface area contributed by atoms with Gasteiger partial charge in [-0.25, -0.2) is 0 Å². The molecule has 1 aromatic carbocycles. The fourth-order valence-electron chi connectivity index (χ4n) is 1.86. The molecule has 0 aliphatic heterocycles. The zero-order valence-electron chi connectivity index (χ0n) is 8.92. The van der Waals surface area contributed by atoms with Crippen molar-refractivity contribution in [2.75, 3.05) is 0 Å². The Bertz CT molecular complexity index is 555. The van der Waals surface area contributed by atoms with Gasteiger partial charge in [0.15, 0.2) is 0 Å². The lowest BCUT2D eigenvalue weighted by molar-refractivity contribution is -0.383. The topological polar surface area (TPSA) is 58.9 Å². The van der Waals surface area contributed by atoms with Gasteiger partial charge in [-0.3, -0.25) is 10.1 Å². The molecule has 4 nitrogen and oxygen atoms in total. The maximum absolute atomic E-state index is 10.9. The second-order valence-electron chi connectivity index (χ2n) is 3.78. The predicted molar refractivity (Wildman–Crippen MR) is 59.2 cm³/mol. The van der Waals surface area contributed by atoms with E-state index in [9.17, 15) is 10.1 Å². The van der Waals surface area contributed by atoms with E-state index >= 15 is 0 Å². The quantitative estimate of drug-likeness (QED) is 0.573. The van der Waals surface area contributed by atoms with Gasteiger partial charge in [-0.15, -0.1) is 0 Å². The van der Waals surface area contributed by atoms with Crippen LogP contribution in [0.1, 0.15) is 16.8 Å². The molecule has 4 heteroatoms. The highest BCUT2D eigenvalue weighted by Gasteiger charge is 2.17. The Labute approximate surface area is 87.1 Å². The lowest BCUT2D eigenvalue weighted by atomic mass is 10.1. The number of nitrogens with one attached hydrogen (secondary N) is 1. The fourth-order valence-corrected chi connectivity index (χ4v) is 1.86. The summed E-state index contributed by atoms with van der Waals surface area (Å²) >= 11 is 0. The number of aromatic amines is 1. The molecule has 0 bridgehead atoms. The van der Waals surface area contributed by atoms with Gasteiger partial charge in [-0.1, -0.05) is 6.07 Å². The van der Waals surface area contributed by atoms with Gasteiger partial charge in [-0.2, -0.15) is 0 Å². The van der Waals surface area contributed by atoms with Crippen LogP contribution in [0.15, 0.2) is 12.1 Å². The Balaban J connectivity index is 2.96. The third-order valence-electron chi connectivity index (χ3n) is 2.84. The number of nitro groups is 1. The molecular weight excluding hydrogens is 192 g/mol. The number of aromatic nitrogens is 1. The second-order valence-corrected chi connectivity index (χ2v) is 3.78. The highest BCUT2D eigenvalue weighted by molar-refractivity contribution is 5.94. The van der Waals surface area contributed by atoms with E-state index in [0.717, 1.165) is 27.7 Å². The average Bonchev–Trinajstić information content (AvgIpc) is 2.46. The number of fused-ring (bicyclic) bond motifs is 1. The van der Waals surface area contributed by atoms with Crippen molar-refractivity contribution in [1.29, 1.82) is 0 Å². The summed E-state index contributed by atoms with van der Waals surface area (Å²) < 4.78 is 0. The van der Waals surface area contributed by atoms with Crippen LogP contribution in [0.2, 0.25) is 0 Å². The molecule has 15 heavy (non-hydrogen) atoms. The molecule has 1 heterocycles. The molecule has 0 unspecified atom stereocenters. The molecule has 2 rings (SSSR count). The van der Waals surface area contributed by atoms with Crippen molar-refractivity contribution in [3.63, 3.8) is 0 Å². The van der Waals surface area contributed by atoms with Gasteiger partial charge in [0.25, 0.3) is 5.69 Å². The molecule has 1 N–H and O–H groups in total. The Hall–Kier alpha value is -1.84. The molecule has 0 saturated carbocycles. The number of nitro benzene ring substituents is 1. The monoisotopic (exact) mass is 204 g/mol. The molecule has 0 aliphatic rings. The van der Waals surface area contributed by atoms with Crippen LogP contribution in [0.4, 0.5) is 5.69 Å². The predicted octanol–water partition coefficient (Wildman–Crippen LogP) is 3.00. The Morgan fingerprint density at radius 3 is 2.53 bits per heavy atom. The molecule has 2 aromatic rings. The van der Waals surface area contributed by atoms with Crippen molar-refractivity contribution in [3.8, 4) is 0 Å². The number of rotatable bonds is 1. The number of hydrogen-bond donors (Lipinski definition) is 1. The lowest BCUT2D eigenvalue weighted by Gasteiger charge is -1.98. The van der Waals surface area contributed by atoms with Crippen LogP contribution in [-0.2, 0) is 0 Å². The van der Waals surface area contributed by atoms with E-state index in [1.165, 1.54) is 0 Å². The van der Waals surface area contributed by atoms with Crippen molar-refractivity contribution in [1.82, 2.24) is 4.98 Å². The van der Waals surface area contributed by atoms with Crippen LogP contribution in [0, 0.1) is 30.9 Å². The summed E-state index contributed by atoms with van der Waals surface area (Å²) in [6, 6.07) is 3.34. The summed E-state index contributed by atoms with van der Waals surface area (Å²) in [7, 11) is 0. The maximum atomic E-state index is 10.9. The van der Waals surface area contributed by atoms with Gasteiger partial charge in [0.1, 0.15) is 0 Å². The highest BCUT2D eigenvalue weighted by atomic mass is 16.6. The normalized spacial score (nSPS) is 10.9. The largest absolute Gasteiger partial charge is 0.358 e. The standard InChI is InChI=1S/C11H12N2O2/c1-6-4-5-9(13(14)15)10-7(2)8(3)12-11(6)10/h4-5,12H,1-3H3. The summed E-state index contributed by atoms with van der Waals surface area (Å²) in [5.74, 6) is 0. The van der Waals surface area contributed by atoms with Gasteiger partial charge < -0.3 is 4.98 Å². The van der Waals surface area contributed by atoms with Crippen molar-refractivity contribution in [2.24, 2.45) is 0 Å². The Morgan fingerprint density at radius 2 is 1.93 bits per heavy atom. The molecule has 0 spiro atoms. The number of non-ortho nitro benzene ring substituents is 1. The number of aryl methyl sites for hydroxylation is 3. The minimum absolute atomic E-state index is 0.178. The van der Waals surface area contributed by atoms with Crippen molar-refractivity contribution >= 4 is 16.6 Å². The molecule has 0 aliphatic carbocycles. The van der Waals surface area contributed by atoms with Gasteiger partial charge >= 0.3 is 0 Å². The van der Waals surface area contributed by atoms with Gasteiger partial charge in [-0.05, 0) is 31.9 Å². The van der Waals surface area contributed by atoms with E-state index in [2.05, 4.69) is 4.98 Å². The van der Waals surface area contributed by atoms with Gasteiger partial charge in [0, 0.05) is 11.8 Å². The first-order chi connectivity index (χ1) is 7.02. The number of H-pyrrole nitrogens is 1. The van der Waals surface area contributed by atoms with E-state index in [1.54, 1.807) is 12.1 Å². The molecule has 0 atom stereocenters. The van der Waals surface area contributed by atoms with Crippen LogP contribution in [0.3, 0.4) is 0 Å². The smallest absolute Gasteiger partial charge is 0.279 e. The summed E-state index contributed by atoms with van der Waals surface area (Å²) in [5.41, 5.74) is 4.03. The van der Waals surface area contributed by atoms with Crippen LogP contribution in [0.5, 0.6) is 0 Å². The SMILES string of the molecule is Cc1[nH]c2c(C)ccc([N+](=O)[O-])c2c1C. The molecule has 0 amide bonds. The lowest BCUT2D eigenvalue weighted by Crippen LogP contribution is -1.90. The summed E-state index contributed by atoms with van der Waals surface area (Å²) in [4.78, 5) is 13.7. The van der Waals surface area contributed by atoms with Crippen molar-refractivity contribution < 1.29 is 4.92 Å². The molecular formula is C11H12N2O2. The van der Waals surface area contributed by atoms with Gasteiger partial charge in [0.05, 0.1) is 15.8 Å². The van der Waals surface area contributed by atoms with E-state index in [1.807, 2.05) is 20.8 Å². The highest BCUT2D eigenvalue weighted by Crippen LogP contribution is 2.32. The molecule has 1 aromatic heterocycles. The van der Waals surface area contributed by atoms with E-state index < -0.39 is 0 Å². The molecule has 78 valence electrons. The summed E-state index contributed by atoms with van der Waals surface area (Å²) in [5, 5.41) is 11.6. The zero-order valence-corrected chi connectivity index (χ0v) is 8.92. The minimum Gasteiger partial charge on any atom is -0.358 e. The van der Waals surface area contributed by atoms with E-state index in [0.29, 0.717) is 0 Å². The van der Waals surface area contributed by atoms with Crippen LogP contribution >= 0.6 is 0 Å². The summed E-state index contributed by atoms with van der Waals surface area (Å²) in [6.45, 7) is 5.78. The van der Waals surface area contributed by atoms with E-state index in [-0.39, 0.29) is 10.6 Å². The fraction of sp³-hybridized carbons (Fsp3) is 0.273. The Kier molecular flexibility index (Phi) is 2.00. The third kappa shape index (κ3) is 1.29. The first-order valence-corrected chi connectivity index (χ1v) is 4.75. The van der Waals surface area contributed by atoms with Crippen molar-refractivity contribution in [2.45, 2.75) is 20.8 Å². The first kappa shape index (κ1) is 9.71. The number of benzene rings is 1. The zero-order chi connectivity index (χ0) is 11.2. The third-order valence-corrected chi connectivity index (χ3v) is 2.84. The number of nitrogens with zero attached hydrogens (tertiary/aromatic N) is 1. The molecule has 0 radical (unpaired) electrons.